The molecule has 0 saturated carbocycles. The average molecular weight is 346 g/mol. The van der Waals surface area contributed by atoms with Gasteiger partial charge in [0.05, 0.1) is 0 Å². The zero-order valence-corrected chi connectivity index (χ0v) is 14.0. The first-order valence-electron chi connectivity index (χ1n) is 8.27. The Labute approximate surface area is 145 Å². The lowest BCUT2D eigenvalue weighted by atomic mass is 10.2. The zero-order chi connectivity index (χ0) is 17.8. The Bertz CT molecular complexity index is 740. The molecule has 1 amide bonds. The van der Waals surface area contributed by atoms with Gasteiger partial charge in [-0.2, -0.15) is 0 Å². The predicted octanol–water partition coefficient (Wildman–Crippen LogP) is 2.88. The molecule has 1 aliphatic heterocycles. The number of pyridine rings is 1. The van der Waals surface area contributed by atoms with Crippen LogP contribution in [-0.2, 0) is 0 Å². The summed E-state index contributed by atoms with van der Waals surface area (Å²) in [6.45, 7) is 6.02. The van der Waals surface area contributed by atoms with Crippen LogP contribution in [0.15, 0.2) is 36.5 Å². The minimum atomic E-state index is -0.694. The number of anilines is 2. The van der Waals surface area contributed by atoms with Gasteiger partial charge in [0.1, 0.15) is 23.0 Å². The predicted molar refractivity (Wildman–Crippen MR) is 91.9 cm³/mol. The second-order valence-corrected chi connectivity index (χ2v) is 5.88. The normalized spacial score (nSPS) is 15.2. The molecule has 0 radical (unpaired) electrons. The fourth-order valence-electron chi connectivity index (χ4n) is 2.82. The Morgan fingerprint density at radius 1 is 1.16 bits per heavy atom. The highest BCUT2D eigenvalue weighted by atomic mass is 19.1. The largest absolute Gasteiger partial charge is 0.351 e. The molecule has 0 spiro atoms. The number of carbonyl (C=O) groups is 1. The molecule has 1 N–H and O–H groups in total. The highest BCUT2D eigenvalue weighted by Gasteiger charge is 2.22. The van der Waals surface area contributed by atoms with Crippen LogP contribution in [0.25, 0.3) is 0 Å². The van der Waals surface area contributed by atoms with Gasteiger partial charge in [0.25, 0.3) is 5.91 Å². The van der Waals surface area contributed by atoms with Gasteiger partial charge in [-0.05, 0) is 30.8 Å². The molecular formula is C18H20F2N4O. The van der Waals surface area contributed by atoms with Crippen molar-refractivity contribution in [2.24, 2.45) is 0 Å². The van der Waals surface area contributed by atoms with Gasteiger partial charge in [-0.25, -0.2) is 8.78 Å². The van der Waals surface area contributed by atoms with E-state index >= 15 is 0 Å². The second-order valence-electron chi connectivity index (χ2n) is 5.88. The van der Waals surface area contributed by atoms with E-state index < -0.39 is 11.6 Å². The Morgan fingerprint density at radius 2 is 1.84 bits per heavy atom. The molecule has 5 nitrogen and oxygen atoms in total. The third kappa shape index (κ3) is 3.93. The maximum atomic E-state index is 13.8. The summed E-state index contributed by atoms with van der Waals surface area (Å²) in [7, 11) is 0. The number of para-hydroxylation sites is 1. The monoisotopic (exact) mass is 346 g/mol. The molecule has 3 rings (SSSR count). The van der Waals surface area contributed by atoms with Crippen LogP contribution in [-0.4, -0.2) is 53.4 Å². The number of amides is 1. The van der Waals surface area contributed by atoms with E-state index in [1.807, 2.05) is 0 Å². The van der Waals surface area contributed by atoms with E-state index in [9.17, 15) is 13.6 Å². The molecule has 2 aromatic rings. The van der Waals surface area contributed by atoms with Crippen molar-refractivity contribution >= 4 is 17.3 Å². The topological polar surface area (TPSA) is 48.5 Å². The lowest BCUT2D eigenvalue weighted by Gasteiger charge is -2.33. The summed E-state index contributed by atoms with van der Waals surface area (Å²) < 4.78 is 27.5. The van der Waals surface area contributed by atoms with E-state index in [4.69, 9.17) is 0 Å². The van der Waals surface area contributed by atoms with Crippen LogP contribution in [0.5, 0.6) is 0 Å². The van der Waals surface area contributed by atoms with Crippen molar-refractivity contribution in [3.8, 4) is 0 Å². The number of benzene rings is 1. The molecule has 1 saturated heterocycles. The minimum absolute atomic E-state index is 0.173. The second kappa shape index (κ2) is 7.57. The van der Waals surface area contributed by atoms with Gasteiger partial charge in [0.15, 0.2) is 0 Å². The molecule has 1 fully saturated rings. The number of halogens is 2. The van der Waals surface area contributed by atoms with Gasteiger partial charge in [0, 0.05) is 38.1 Å². The van der Waals surface area contributed by atoms with Crippen molar-refractivity contribution in [1.82, 2.24) is 14.8 Å². The number of nitrogens with one attached hydrogen (secondary N) is 1. The summed E-state index contributed by atoms with van der Waals surface area (Å²) in [5, 5.41) is 2.69. The maximum Gasteiger partial charge on any atom is 0.272 e. The smallest absolute Gasteiger partial charge is 0.272 e. The number of rotatable bonds is 4. The van der Waals surface area contributed by atoms with Crippen molar-refractivity contribution in [3.05, 3.63) is 53.9 Å². The first-order valence-corrected chi connectivity index (χ1v) is 8.27. The maximum absolute atomic E-state index is 13.8. The summed E-state index contributed by atoms with van der Waals surface area (Å²) >= 11 is 0. The van der Waals surface area contributed by atoms with Crippen LogP contribution in [0.2, 0.25) is 0 Å². The molecule has 2 heterocycles. The van der Waals surface area contributed by atoms with E-state index in [1.165, 1.54) is 30.5 Å². The Hall–Kier alpha value is -2.54. The summed E-state index contributed by atoms with van der Waals surface area (Å²) in [6, 6.07) is 6.73. The first kappa shape index (κ1) is 17.3. The Morgan fingerprint density at radius 3 is 2.48 bits per heavy atom. The number of hydrogen-bond acceptors (Lipinski definition) is 4. The van der Waals surface area contributed by atoms with Crippen LogP contribution in [0.4, 0.5) is 20.2 Å². The summed E-state index contributed by atoms with van der Waals surface area (Å²) in [6.07, 6.45) is 1.45. The highest BCUT2D eigenvalue weighted by molar-refractivity contribution is 5.93. The molecule has 7 heteroatoms. The fourth-order valence-corrected chi connectivity index (χ4v) is 2.82. The number of piperazine rings is 1. The van der Waals surface area contributed by atoms with Gasteiger partial charge in [-0.15, -0.1) is 0 Å². The zero-order valence-electron chi connectivity index (χ0n) is 14.0. The van der Waals surface area contributed by atoms with Crippen LogP contribution < -0.4 is 5.32 Å². The number of aromatic nitrogens is 1. The molecule has 1 aromatic carbocycles. The molecule has 25 heavy (non-hydrogen) atoms. The number of nitrogens with zero attached hydrogens (tertiary/aromatic N) is 3. The van der Waals surface area contributed by atoms with Crippen molar-refractivity contribution < 1.29 is 13.6 Å². The summed E-state index contributed by atoms with van der Waals surface area (Å²) in [4.78, 5) is 20.7. The van der Waals surface area contributed by atoms with Gasteiger partial charge in [-0.1, -0.05) is 13.0 Å². The Balaban J connectivity index is 1.74. The van der Waals surface area contributed by atoms with Crippen LogP contribution in [0, 0.1) is 11.6 Å². The van der Waals surface area contributed by atoms with E-state index in [2.05, 4.69) is 22.1 Å². The molecular weight excluding hydrogens is 326 g/mol. The third-order valence-electron chi connectivity index (χ3n) is 4.32. The molecule has 0 aliphatic carbocycles. The molecule has 0 atom stereocenters. The van der Waals surface area contributed by atoms with Crippen molar-refractivity contribution in [2.75, 3.05) is 38.0 Å². The van der Waals surface area contributed by atoms with Gasteiger partial charge in [-0.3, -0.25) is 9.78 Å². The molecule has 0 bridgehead atoms. The van der Waals surface area contributed by atoms with E-state index in [0.717, 1.165) is 19.6 Å². The quantitative estimate of drug-likeness (QED) is 0.925. The van der Waals surface area contributed by atoms with Crippen molar-refractivity contribution in [2.45, 2.75) is 6.92 Å². The minimum Gasteiger partial charge on any atom is -0.351 e. The van der Waals surface area contributed by atoms with E-state index in [1.54, 1.807) is 11.0 Å². The first-order chi connectivity index (χ1) is 12.1. The number of hydrogen-bond donors (Lipinski definition) is 1. The lowest BCUT2D eigenvalue weighted by Crippen LogP contribution is -2.48. The summed E-state index contributed by atoms with van der Waals surface area (Å²) in [5.74, 6) is -1.56. The standard InChI is InChI=1S/C18H20F2N4O/c1-2-23-8-10-24(11-9-23)18(25)16-12-13(6-7-21-16)22-17-14(19)4-3-5-15(17)20/h3-7,12H,2,8-11H2,1H3,(H,21,22). The molecule has 132 valence electrons. The van der Waals surface area contributed by atoms with Gasteiger partial charge in [0.2, 0.25) is 0 Å². The average Bonchev–Trinajstić information content (AvgIpc) is 2.64. The summed E-state index contributed by atoms with van der Waals surface area (Å²) in [5.41, 5.74) is 0.421. The van der Waals surface area contributed by atoms with Crippen LogP contribution >= 0.6 is 0 Å². The molecule has 0 unspecified atom stereocenters. The highest BCUT2D eigenvalue weighted by Crippen LogP contribution is 2.23. The van der Waals surface area contributed by atoms with Crippen molar-refractivity contribution in [3.63, 3.8) is 0 Å². The van der Waals surface area contributed by atoms with Crippen LogP contribution in [0.1, 0.15) is 17.4 Å². The van der Waals surface area contributed by atoms with E-state index in [-0.39, 0.29) is 17.3 Å². The third-order valence-corrected chi connectivity index (χ3v) is 4.32. The van der Waals surface area contributed by atoms with Gasteiger partial charge >= 0.3 is 0 Å². The lowest BCUT2D eigenvalue weighted by molar-refractivity contribution is 0.0637. The molecule has 1 aromatic heterocycles. The fraction of sp³-hybridized carbons (Fsp3) is 0.333. The van der Waals surface area contributed by atoms with Gasteiger partial charge < -0.3 is 15.1 Å². The number of carbonyl (C=O) groups excluding carboxylic acids is 1. The Kier molecular flexibility index (Phi) is 5.23. The SMILES string of the molecule is CCN1CCN(C(=O)c2cc(Nc3c(F)cccc3F)ccn2)CC1. The van der Waals surface area contributed by atoms with E-state index in [0.29, 0.717) is 18.8 Å². The molecule has 1 aliphatic rings. The number of likely N-dealkylation sites (N-methyl/N-ethyl adjacent to an activating group) is 1. The van der Waals surface area contributed by atoms with Crippen LogP contribution in [0.3, 0.4) is 0 Å². The van der Waals surface area contributed by atoms with Crippen molar-refractivity contribution in [1.29, 1.82) is 0 Å².